The zero-order valence-electron chi connectivity index (χ0n) is 18.8. The van der Waals surface area contributed by atoms with Crippen LogP contribution in [0.1, 0.15) is 19.4 Å². The minimum atomic E-state index is -0.235. The topological polar surface area (TPSA) is 59.3 Å². The fourth-order valence-electron chi connectivity index (χ4n) is 3.98. The number of aromatic nitrogens is 1. The Morgan fingerprint density at radius 2 is 1.82 bits per heavy atom. The molecule has 0 spiro atoms. The summed E-state index contributed by atoms with van der Waals surface area (Å²) in [5.41, 5.74) is 2.59. The molecule has 1 fully saturated rings. The van der Waals surface area contributed by atoms with Crippen LogP contribution in [0.4, 0.5) is 22.0 Å². The number of anilines is 2. The Bertz CT molecular complexity index is 1140. The Morgan fingerprint density at radius 1 is 1.12 bits per heavy atom. The molecule has 0 aliphatic carbocycles. The number of cyclic esters (lactones) is 1. The molecule has 0 N–H and O–H groups in total. The van der Waals surface area contributed by atoms with Crippen LogP contribution in [0.5, 0.6) is 11.5 Å². The maximum absolute atomic E-state index is 11.7. The molecule has 1 atom stereocenters. The molecule has 1 aliphatic rings. The number of hydrogen-bond acceptors (Lipinski definition) is 5. The molecular weight excluding hydrogens is 416 g/mol. The Balaban J connectivity index is 1.42. The third-order valence-corrected chi connectivity index (χ3v) is 5.65. The molecule has 168 valence electrons. The van der Waals surface area contributed by atoms with Gasteiger partial charge in [0.25, 0.3) is 0 Å². The van der Waals surface area contributed by atoms with Gasteiger partial charge in [-0.1, -0.05) is 24.3 Å². The quantitative estimate of drug-likeness (QED) is 0.403. The zero-order chi connectivity index (χ0) is 23.2. The van der Waals surface area contributed by atoms with Gasteiger partial charge in [-0.25, -0.2) is 9.64 Å². The lowest BCUT2D eigenvalue weighted by Crippen LogP contribution is -2.34. The van der Waals surface area contributed by atoms with Crippen LogP contribution in [0.15, 0.2) is 66.9 Å². The van der Waals surface area contributed by atoms with Crippen molar-refractivity contribution in [2.24, 2.45) is 0 Å². The summed E-state index contributed by atoms with van der Waals surface area (Å²) in [5, 5.41) is 0. The lowest BCUT2D eigenvalue weighted by Gasteiger charge is -2.23. The van der Waals surface area contributed by atoms with Crippen molar-refractivity contribution in [2.75, 3.05) is 24.6 Å². The second-order valence-electron chi connectivity index (χ2n) is 7.66. The highest BCUT2D eigenvalue weighted by Crippen LogP contribution is 2.33. The molecule has 0 radical (unpaired) electrons. The van der Waals surface area contributed by atoms with Crippen LogP contribution in [0.3, 0.4) is 0 Å². The van der Waals surface area contributed by atoms with E-state index in [-0.39, 0.29) is 12.1 Å². The second-order valence-corrected chi connectivity index (χ2v) is 7.66. The first-order chi connectivity index (χ1) is 16.1. The van der Waals surface area contributed by atoms with Crippen molar-refractivity contribution >= 4 is 23.3 Å². The standard InChI is InChI=1S/C26H26N4O3/c1-4-29(25-24(27-3)7-6-16-28-25)20-10-14-23(15-11-20)33-22-12-8-19(9-13-22)17-21-18-32-26(31)30(21)5-2/h6-16,21H,4-5,17-18H2,1-2H3/t21-/m0/s1. The van der Waals surface area contributed by atoms with Gasteiger partial charge in [-0.15, -0.1) is 0 Å². The summed E-state index contributed by atoms with van der Waals surface area (Å²) in [6, 6.07) is 19.3. The number of benzene rings is 2. The van der Waals surface area contributed by atoms with Gasteiger partial charge in [0.1, 0.15) is 23.9 Å². The summed E-state index contributed by atoms with van der Waals surface area (Å²) in [5.74, 6) is 2.11. The lowest BCUT2D eigenvalue weighted by molar-refractivity contribution is 0.159. The van der Waals surface area contributed by atoms with Crippen molar-refractivity contribution in [3.8, 4) is 11.5 Å². The molecule has 1 aromatic heterocycles. The van der Waals surface area contributed by atoms with Crippen LogP contribution < -0.4 is 9.64 Å². The van der Waals surface area contributed by atoms with E-state index in [1.807, 2.05) is 67.3 Å². The molecule has 0 unspecified atom stereocenters. The number of likely N-dealkylation sites (N-methyl/N-ethyl adjacent to an activating group) is 1. The third-order valence-electron chi connectivity index (χ3n) is 5.65. The van der Waals surface area contributed by atoms with Crippen molar-refractivity contribution < 1.29 is 14.3 Å². The van der Waals surface area contributed by atoms with Crippen LogP contribution in [0, 0.1) is 6.57 Å². The van der Waals surface area contributed by atoms with Gasteiger partial charge in [0.15, 0.2) is 0 Å². The highest BCUT2D eigenvalue weighted by Gasteiger charge is 2.31. The van der Waals surface area contributed by atoms with Gasteiger partial charge < -0.3 is 19.3 Å². The predicted molar refractivity (Wildman–Crippen MR) is 127 cm³/mol. The number of ether oxygens (including phenoxy) is 2. The largest absolute Gasteiger partial charge is 0.457 e. The van der Waals surface area contributed by atoms with Crippen LogP contribution in [0.2, 0.25) is 0 Å². The van der Waals surface area contributed by atoms with Crippen molar-refractivity contribution in [3.05, 3.63) is 83.8 Å². The summed E-state index contributed by atoms with van der Waals surface area (Å²) in [6.45, 7) is 13.2. The molecule has 3 aromatic rings. The van der Waals surface area contributed by atoms with Gasteiger partial charge in [0, 0.05) is 25.0 Å². The van der Waals surface area contributed by atoms with Crippen LogP contribution >= 0.6 is 0 Å². The Hall–Kier alpha value is -4.05. The van der Waals surface area contributed by atoms with Crippen LogP contribution in [-0.2, 0) is 11.2 Å². The summed E-state index contributed by atoms with van der Waals surface area (Å²) in [4.78, 5) is 23.5. The number of carbonyl (C=O) groups excluding carboxylic acids is 1. The molecule has 0 saturated carbocycles. The minimum absolute atomic E-state index is 0.0748. The summed E-state index contributed by atoms with van der Waals surface area (Å²) >= 11 is 0. The van der Waals surface area contributed by atoms with Crippen molar-refractivity contribution in [3.63, 3.8) is 0 Å². The summed E-state index contributed by atoms with van der Waals surface area (Å²) < 4.78 is 11.2. The summed E-state index contributed by atoms with van der Waals surface area (Å²) in [7, 11) is 0. The first-order valence-corrected chi connectivity index (χ1v) is 11.0. The minimum Gasteiger partial charge on any atom is -0.457 e. The molecule has 0 bridgehead atoms. The maximum atomic E-state index is 11.7. The number of nitrogens with zero attached hydrogens (tertiary/aromatic N) is 4. The zero-order valence-corrected chi connectivity index (χ0v) is 18.8. The highest BCUT2D eigenvalue weighted by atomic mass is 16.6. The fourth-order valence-corrected chi connectivity index (χ4v) is 3.98. The smallest absolute Gasteiger partial charge is 0.410 e. The van der Waals surface area contributed by atoms with E-state index in [1.165, 1.54) is 0 Å². The Labute approximate surface area is 194 Å². The lowest BCUT2D eigenvalue weighted by atomic mass is 10.1. The fraction of sp³-hybridized carbons (Fsp3) is 0.269. The van der Waals surface area contributed by atoms with E-state index in [0.29, 0.717) is 31.2 Å². The third kappa shape index (κ3) is 4.90. The summed E-state index contributed by atoms with van der Waals surface area (Å²) in [6.07, 6.45) is 2.22. The van der Waals surface area contributed by atoms with E-state index in [9.17, 15) is 4.79 Å². The molecule has 2 heterocycles. The second kappa shape index (κ2) is 10.0. The number of pyridine rings is 1. The Kier molecular flexibility index (Phi) is 6.75. The van der Waals surface area contributed by atoms with E-state index >= 15 is 0 Å². The normalized spacial score (nSPS) is 15.1. The maximum Gasteiger partial charge on any atom is 0.410 e. The van der Waals surface area contributed by atoms with E-state index in [4.69, 9.17) is 16.0 Å². The molecule has 33 heavy (non-hydrogen) atoms. The molecule has 4 rings (SSSR count). The molecule has 1 saturated heterocycles. The van der Waals surface area contributed by atoms with E-state index < -0.39 is 0 Å². The molecule has 2 aromatic carbocycles. The SMILES string of the molecule is [C-]#[N+]c1cccnc1N(CC)c1ccc(Oc2ccc(C[C@H]3COC(=O)N3CC)cc2)cc1. The van der Waals surface area contributed by atoms with Gasteiger partial charge in [0.05, 0.1) is 12.6 Å². The van der Waals surface area contributed by atoms with Gasteiger partial charge in [-0.2, -0.15) is 0 Å². The number of carbonyl (C=O) groups is 1. The number of rotatable bonds is 8. The van der Waals surface area contributed by atoms with E-state index in [1.54, 1.807) is 23.2 Å². The monoisotopic (exact) mass is 442 g/mol. The average Bonchev–Trinajstić information content (AvgIpc) is 3.21. The van der Waals surface area contributed by atoms with E-state index in [0.717, 1.165) is 29.2 Å². The van der Waals surface area contributed by atoms with Crippen molar-refractivity contribution in [2.45, 2.75) is 26.3 Å². The van der Waals surface area contributed by atoms with E-state index in [2.05, 4.69) is 9.83 Å². The molecule has 7 nitrogen and oxygen atoms in total. The van der Waals surface area contributed by atoms with Gasteiger partial charge >= 0.3 is 6.09 Å². The van der Waals surface area contributed by atoms with Gasteiger partial charge in [0.2, 0.25) is 5.69 Å². The molecule has 1 aliphatic heterocycles. The van der Waals surface area contributed by atoms with Gasteiger partial charge in [-0.05, 0) is 62.2 Å². The highest BCUT2D eigenvalue weighted by molar-refractivity contribution is 5.73. The molecule has 1 amide bonds. The van der Waals surface area contributed by atoms with Gasteiger partial charge in [-0.3, -0.25) is 4.98 Å². The first kappa shape index (κ1) is 22.2. The van der Waals surface area contributed by atoms with Crippen molar-refractivity contribution in [1.82, 2.24) is 9.88 Å². The first-order valence-electron chi connectivity index (χ1n) is 11.0. The Morgan fingerprint density at radius 3 is 2.45 bits per heavy atom. The molecular formula is C26H26N4O3. The van der Waals surface area contributed by atoms with Crippen LogP contribution in [0.25, 0.3) is 4.85 Å². The average molecular weight is 443 g/mol. The molecule has 7 heteroatoms. The van der Waals surface area contributed by atoms with Crippen LogP contribution in [-0.4, -0.2) is 41.7 Å². The van der Waals surface area contributed by atoms with Crippen molar-refractivity contribution in [1.29, 1.82) is 0 Å². The number of amides is 1. The number of hydrogen-bond donors (Lipinski definition) is 0. The predicted octanol–water partition coefficient (Wildman–Crippen LogP) is 5.97.